The summed E-state index contributed by atoms with van der Waals surface area (Å²) < 4.78 is 5.77. The number of nitrogens with one attached hydrogen (secondary N) is 1. The summed E-state index contributed by atoms with van der Waals surface area (Å²) in [6, 6.07) is 18.3. The molecule has 3 amide bonds. The monoisotopic (exact) mass is 563 g/mol. The number of hydrogen-bond acceptors (Lipinski definition) is 6. The molecule has 41 heavy (non-hydrogen) atoms. The molecule has 1 unspecified atom stereocenters. The number of amides is 3. The standard InChI is InChI=1S/C32H45N5O4/c38-25-27-11-6-17-35(27)18-8-20-37-24-23-36(32(37)40)19-7-16-34-21-14-28(15-22-34)41-31(39)33-30-13-5-4-12-29(30)26-9-2-1-3-10-26/h1-5,9-10,12-13,27-28,38H,6-8,11,14-25H2,(H,33,39). The van der Waals surface area contributed by atoms with Gasteiger partial charge in [-0.3, -0.25) is 10.2 Å². The average Bonchev–Trinajstić information content (AvgIpc) is 3.60. The molecule has 3 aliphatic rings. The van der Waals surface area contributed by atoms with Crippen molar-refractivity contribution in [3.05, 3.63) is 54.6 Å². The van der Waals surface area contributed by atoms with Crippen LogP contribution in [-0.4, -0.2) is 114 Å². The Balaban J connectivity index is 0.964. The highest BCUT2D eigenvalue weighted by Gasteiger charge is 2.29. The molecular weight excluding hydrogens is 518 g/mol. The van der Waals surface area contributed by atoms with Gasteiger partial charge < -0.3 is 24.5 Å². The van der Waals surface area contributed by atoms with Crippen molar-refractivity contribution in [1.82, 2.24) is 19.6 Å². The Bertz CT molecular complexity index is 1120. The zero-order valence-electron chi connectivity index (χ0n) is 24.1. The van der Waals surface area contributed by atoms with E-state index in [0.717, 1.165) is 114 Å². The van der Waals surface area contributed by atoms with E-state index < -0.39 is 6.09 Å². The molecule has 0 saturated carbocycles. The molecule has 9 nitrogen and oxygen atoms in total. The Hall–Kier alpha value is -3.14. The first-order chi connectivity index (χ1) is 20.1. The third-order valence-corrected chi connectivity index (χ3v) is 8.72. The fraction of sp³-hybridized carbons (Fsp3) is 0.562. The van der Waals surface area contributed by atoms with Crippen molar-refractivity contribution >= 4 is 17.8 Å². The van der Waals surface area contributed by atoms with Gasteiger partial charge in [-0.15, -0.1) is 0 Å². The Kier molecular flexibility index (Phi) is 10.5. The number of ether oxygens (including phenoxy) is 1. The summed E-state index contributed by atoms with van der Waals surface area (Å²) in [5.41, 5.74) is 2.77. The van der Waals surface area contributed by atoms with Gasteiger partial charge in [0.15, 0.2) is 0 Å². The molecule has 1 atom stereocenters. The number of anilines is 1. The van der Waals surface area contributed by atoms with Crippen molar-refractivity contribution in [1.29, 1.82) is 0 Å². The molecule has 0 radical (unpaired) electrons. The van der Waals surface area contributed by atoms with Gasteiger partial charge in [0.05, 0.1) is 12.3 Å². The number of piperidine rings is 1. The zero-order chi connectivity index (χ0) is 28.4. The molecule has 0 aliphatic carbocycles. The molecule has 0 aromatic heterocycles. The van der Waals surface area contributed by atoms with Crippen LogP contribution in [-0.2, 0) is 4.74 Å². The fourth-order valence-electron chi connectivity index (χ4n) is 6.40. The average molecular weight is 564 g/mol. The summed E-state index contributed by atoms with van der Waals surface area (Å²) in [6.07, 6.45) is 5.30. The normalized spacial score (nSPS) is 20.6. The van der Waals surface area contributed by atoms with Crippen molar-refractivity contribution in [3.8, 4) is 11.1 Å². The topological polar surface area (TPSA) is 88.6 Å². The van der Waals surface area contributed by atoms with Gasteiger partial charge >= 0.3 is 12.1 Å². The zero-order valence-corrected chi connectivity index (χ0v) is 24.1. The van der Waals surface area contributed by atoms with Crippen LogP contribution >= 0.6 is 0 Å². The van der Waals surface area contributed by atoms with Crippen molar-refractivity contribution in [2.75, 3.05) is 70.8 Å². The number of rotatable bonds is 12. The van der Waals surface area contributed by atoms with Crippen LogP contribution in [0.15, 0.2) is 54.6 Å². The van der Waals surface area contributed by atoms with Crippen molar-refractivity contribution in [2.45, 2.75) is 50.7 Å². The summed E-state index contributed by atoms with van der Waals surface area (Å²) in [6.45, 7) is 8.18. The second-order valence-corrected chi connectivity index (χ2v) is 11.5. The molecule has 3 aliphatic heterocycles. The summed E-state index contributed by atoms with van der Waals surface area (Å²) in [5.74, 6) is 0. The molecular formula is C32H45N5O4. The van der Waals surface area contributed by atoms with Gasteiger partial charge in [-0.2, -0.15) is 0 Å². The molecule has 3 saturated heterocycles. The number of likely N-dealkylation sites (tertiary alicyclic amines) is 2. The van der Waals surface area contributed by atoms with Crippen LogP contribution in [0.3, 0.4) is 0 Å². The molecule has 3 fully saturated rings. The van der Waals surface area contributed by atoms with Crippen LogP contribution in [0.25, 0.3) is 11.1 Å². The third kappa shape index (κ3) is 7.99. The molecule has 2 aromatic rings. The maximum Gasteiger partial charge on any atom is 0.411 e. The van der Waals surface area contributed by atoms with Crippen molar-refractivity contribution in [3.63, 3.8) is 0 Å². The van der Waals surface area contributed by atoms with Gasteiger partial charge in [-0.1, -0.05) is 48.5 Å². The lowest BCUT2D eigenvalue weighted by Gasteiger charge is -2.32. The van der Waals surface area contributed by atoms with Crippen LogP contribution in [0.1, 0.15) is 38.5 Å². The number of carbonyl (C=O) groups excluding carboxylic acids is 2. The van der Waals surface area contributed by atoms with E-state index >= 15 is 0 Å². The number of aliphatic hydroxyl groups is 1. The number of para-hydroxylation sites is 1. The number of carbonyl (C=O) groups is 2. The second kappa shape index (κ2) is 14.7. The van der Waals surface area contributed by atoms with Crippen LogP contribution in [0.4, 0.5) is 15.3 Å². The van der Waals surface area contributed by atoms with Crippen LogP contribution in [0, 0.1) is 0 Å². The second-order valence-electron chi connectivity index (χ2n) is 11.5. The summed E-state index contributed by atoms with van der Waals surface area (Å²) in [5, 5.41) is 12.4. The van der Waals surface area contributed by atoms with Gasteiger partial charge in [-0.25, -0.2) is 9.59 Å². The number of urea groups is 1. The third-order valence-electron chi connectivity index (χ3n) is 8.72. The highest BCUT2D eigenvalue weighted by Crippen LogP contribution is 2.28. The molecule has 222 valence electrons. The first-order valence-corrected chi connectivity index (χ1v) is 15.3. The Morgan fingerprint density at radius 2 is 1.51 bits per heavy atom. The van der Waals surface area contributed by atoms with E-state index in [1.807, 2.05) is 64.4 Å². The molecule has 2 aromatic carbocycles. The summed E-state index contributed by atoms with van der Waals surface area (Å²) in [7, 11) is 0. The number of hydrogen-bond donors (Lipinski definition) is 2. The fourth-order valence-corrected chi connectivity index (χ4v) is 6.40. The molecule has 5 rings (SSSR count). The van der Waals surface area contributed by atoms with Crippen LogP contribution in [0.2, 0.25) is 0 Å². The van der Waals surface area contributed by atoms with Gasteiger partial charge in [-0.05, 0) is 63.2 Å². The highest BCUT2D eigenvalue weighted by molar-refractivity contribution is 5.91. The van der Waals surface area contributed by atoms with E-state index in [1.165, 1.54) is 0 Å². The van der Waals surface area contributed by atoms with E-state index in [0.29, 0.717) is 6.04 Å². The lowest BCUT2D eigenvalue weighted by molar-refractivity contribution is 0.0581. The van der Waals surface area contributed by atoms with E-state index in [9.17, 15) is 14.7 Å². The Morgan fingerprint density at radius 3 is 2.24 bits per heavy atom. The number of nitrogens with zero attached hydrogens (tertiary/aromatic N) is 4. The molecule has 2 N–H and O–H groups in total. The maximum absolute atomic E-state index is 12.8. The SMILES string of the molecule is O=C(Nc1ccccc1-c1ccccc1)OC1CCN(CCCN2CCN(CCCN3CCCC3CO)C2=O)CC1. The number of benzene rings is 2. The van der Waals surface area contributed by atoms with E-state index in [-0.39, 0.29) is 18.7 Å². The molecule has 0 spiro atoms. The smallest absolute Gasteiger partial charge is 0.411 e. The van der Waals surface area contributed by atoms with Gasteiger partial charge in [0.2, 0.25) is 0 Å². The van der Waals surface area contributed by atoms with E-state index in [4.69, 9.17) is 4.74 Å². The molecule has 0 bridgehead atoms. The minimum atomic E-state index is -0.405. The Labute approximate surface area is 244 Å². The predicted octanol–water partition coefficient (Wildman–Crippen LogP) is 4.34. The first kappa shape index (κ1) is 29.4. The lowest BCUT2D eigenvalue weighted by Crippen LogP contribution is -2.40. The van der Waals surface area contributed by atoms with E-state index in [1.54, 1.807) is 0 Å². The first-order valence-electron chi connectivity index (χ1n) is 15.3. The van der Waals surface area contributed by atoms with E-state index in [2.05, 4.69) is 15.1 Å². The quantitative estimate of drug-likeness (QED) is 0.400. The van der Waals surface area contributed by atoms with Gasteiger partial charge in [0, 0.05) is 57.4 Å². The molecule has 9 heteroatoms. The highest BCUT2D eigenvalue weighted by atomic mass is 16.6. The maximum atomic E-state index is 12.8. The van der Waals surface area contributed by atoms with Crippen LogP contribution in [0.5, 0.6) is 0 Å². The largest absolute Gasteiger partial charge is 0.446 e. The van der Waals surface area contributed by atoms with Gasteiger partial charge in [0.1, 0.15) is 6.10 Å². The predicted molar refractivity (Wildman–Crippen MR) is 161 cm³/mol. The van der Waals surface area contributed by atoms with Gasteiger partial charge in [0.25, 0.3) is 0 Å². The van der Waals surface area contributed by atoms with Crippen molar-refractivity contribution in [2.24, 2.45) is 0 Å². The lowest BCUT2D eigenvalue weighted by atomic mass is 10.0. The summed E-state index contributed by atoms with van der Waals surface area (Å²) >= 11 is 0. The number of aliphatic hydroxyl groups excluding tert-OH is 1. The minimum absolute atomic E-state index is 0.0860. The Morgan fingerprint density at radius 1 is 0.829 bits per heavy atom. The summed E-state index contributed by atoms with van der Waals surface area (Å²) in [4.78, 5) is 34.3. The van der Waals surface area contributed by atoms with Crippen molar-refractivity contribution < 1.29 is 19.4 Å². The van der Waals surface area contributed by atoms with Crippen LogP contribution < -0.4 is 5.32 Å². The minimum Gasteiger partial charge on any atom is -0.446 e. The molecule has 3 heterocycles.